The van der Waals surface area contributed by atoms with Gasteiger partial charge in [-0.25, -0.2) is 4.79 Å². The lowest BCUT2D eigenvalue weighted by Gasteiger charge is -2.19. The van der Waals surface area contributed by atoms with E-state index in [4.69, 9.17) is 5.11 Å². The maximum Gasteiger partial charge on any atom is 0.315 e. The van der Waals surface area contributed by atoms with Crippen LogP contribution in [0.2, 0.25) is 0 Å². The van der Waals surface area contributed by atoms with Crippen LogP contribution < -0.4 is 10.6 Å². The first-order valence-electron chi connectivity index (χ1n) is 9.60. The van der Waals surface area contributed by atoms with Crippen LogP contribution in [0.15, 0.2) is 24.3 Å². The van der Waals surface area contributed by atoms with Crippen LogP contribution in [0.3, 0.4) is 0 Å². The van der Waals surface area contributed by atoms with Crippen molar-refractivity contribution in [2.45, 2.75) is 52.1 Å². The van der Waals surface area contributed by atoms with Crippen molar-refractivity contribution < 1.29 is 9.90 Å². The second kappa shape index (κ2) is 11.1. The van der Waals surface area contributed by atoms with Crippen LogP contribution in [0.5, 0.6) is 0 Å². The summed E-state index contributed by atoms with van der Waals surface area (Å²) in [4.78, 5) is 14.3. The number of hydrogen-bond donors (Lipinski definition) is 3. The van der Waals surface area contributed by atoms with Crippen molar-refractivity contribution in [2.75, 3.05) is 26.2 Å². The second-order valence-electron chi connectivity index (χ2n) is 7.19. The van der Waals surface area contributed by atoms with Gasteiger partial charge in [-0.05, 0) is 49.4 Å². The second-order valence-corrected chi connectivity index (χ2v) is 7.19. The Balaban J connectivity index is 1.69. The topological polar surface area (TPSA) is 64.6 Å². The number of carbonyl (C=O) groups excluding carboxylic acids is 1. The molecule has 0 radical (unpaired) electrons. The summed E-state index contributed by atoms with van der Waals surface area (Å²) in [7, 11) is 0. The Morgan fingerprint density at radius 3 is 2.36 bits per heavy atom. The van der Waals surface area contributed by atoms with Crippen molar-refractivity contribution in [2.24, 2.45) is 5.92 Å². The number of carbonyl (C=O) groups is 1. The van der Waals surface area contributed by atoms with Crippen LogP contribution in [-0.2, 0) is 13.1 Å². The van der Waals surface area contributed by atoms with Gasteiger partial charge in [-0.1, -0.05) is 44.0 Å². The predicted octanol–water partition coefficient (Wildman–Crippen LogP) is 2.88. The zero-order valence-corrected chi connectivity index (χ0v) is 15.5. The molecular formula is C20H33N3O2. The van der Waals surface area contributed by atoms with E-state index in [2.05, 4.69) is 39.8 Å². The number of urea groups is 1. The van der Waals surface area contributed by atoms with Gasteiger partial charge < -0.3 is 15.7 Å². The van der Waals surface area contributed by atoms with Gasteiger partial charge in [-0.2, -0.15) is 0 Å². The van der Waals surface area contributed by atoms with Crippen molar-refractivity contribution in [3.05, 3.63) is 35.4 Å². The van der Waals surface area contributed by atoms with Crippen molar-refractivity contribution >= 4 is 6.03 Å². The van der Waals surface area contributed by atoms with E-state index in [1.54, 1.807) is 0 Å². The molecule has 3 N–H and O–H groups in total. The summed E-state index contributed by atoms with van der Waals surface area (Å²) < 4.78 is 0. The highest BCUT2D eigenvalue weighted by molar-refractivity contribution is 5.73. The molecule has 0 saturated carbocycles. The first-order valence-corrected chi connectivity index (χ1v) is 9.60. The van der Waals surface area contributed by atoms with Crippen LogP contribution in [0.1, 0.15) is 50.2 Å². The van der Waals surface area contributed by atoms with Crippen LogP contribution in [0.4, 0.5) is 4.79 Å². The van der Waals surface area contributed by atoms with E-state index in [0.717, 1.165) is 12.1 Å². The Labute approximate surface area is 151 Å². The molecule has 1 aromatic carbocycles. The number of nitrogens with zero attached hydrogens (tertiary/aromatic N) is 1. The Bertz CT molecular complexity index is 496. The average molecular weight is 348 g/mol. The number of rotatable bonds is 8. The third-order valence-corrected chi connectivity index (χ3v) is 4.81. The molecule has 1 aromatic rings. The molecule has 1 heterocycles. The fraction of sp³-hybridized carbons (Fsp3) is 0.650. The lowest BCUT2D eigenvalue weighted by atomic mass is 10.1. The first-order chi connectivity index (χ1) is 12.2. The molecule has 25 heavy (non-hydrogen) atoms. The summed E-state index contributed by atoms with van der Waals surface area (Å²) in [6.07, 6.45) is 6.06. The minimum Gasteiger partial charge on any atom is -0.396 e. The van der Waals surface area contributed by atoms with Crippen molar-refractivity contribution in [3.63, 3.8) is 0 Å². The van der Waals surface area contributed by atoms with Gasteiger partial charge in [0, 0.05) is 26.2 Å². The van der Waals surface area contributed by atoms with Gasteiger partial charge in [0.05, 0.1) is 0 Å². The van der Waals surface area contributed by atoms with E-state index in [-0.39, 0.29) is 18.6 Å². The molecule has 0 spiro atoms. The van der Waals surface area contributed by atoms with Crippen molar-refractivity contribution in [1.82, 2.24) is 15.5 Å². The molecule has 1 atom stereocenters. The molecule has 1 aliphatic heterocycles. The third kappa shape index (κ3) is 7.88. The number of amides is 2. The maximum absolute atomic E-state index is 11.8. The molecular weight excluding hydrogens is 314 g/mol. The lowest BCUT2D eigenvalue weighted by Crippen LogP contribution is -2.37. The van der Waals surface area contributed by atoms with Gasteiger partial charge in [0.2, 0.25) is 0 Å². The summed E-state index contributed by atoms with van der Waals surface area (Å²) in [5.41, 5.74) is 2.45. The van der Waals surface area contributed by atoms with E-state index in [0.29, 0.717) is 19.5 Å². The predicted molar refractivity (Wildman–Crippen MR) is 101 cm³/mol. The molecule has 0 aliphatic carbocycles. The zero-order chi connectivity index (χ0) is 17.9. The highest BCUT2D eigenvalue weighted by Gasteiger charge is 2.09. The zero-order valence-electron chi connectivity index (χ0n) is 15.5. The molecule has 2 amide bonds. The van der Waals surface area contributed by atoms with Crippen LogP contribution in [0.25, 0.3) is 0 Å². The molecule has 1 aliphatic rings. The molecule has 2 rings (SSSR count). The van der Waals surface area contributed by atoms with Gasteiger partial charge in [0.25, 0.3) is 0 Å². The van der Waals surface area contributed by atoms with E-state index in [9.17, 15) is 4.79 Å². The van der Waals surface area contributed by atoms with E-state index in [1.807, 2.05) is 6.92 Å². The van der Waals surface area contributed by atoms with Crippen molar-refractivity contribution in [1.29, 1.82) is 0 Å². The number of hydrogen-bond acceptors (Lipinski definition) is 3. The molecule has 1 saturated heterocycles. The van der Waals surface area contributed by atoms with E-state index in [1.165, 1.54) is 44.3 Å². The Morgan fingerprint density at radius 1 is 1.08 bits per heavy atom. The van der Waals surface area contributed by atoms with Crippen molar-refractivity contribution in [3.8, 4) is 0 Å². The van der Waals surface area contributed by atoms with Gasteiger partial charge >= 0.3 is 6.03 Å². The average Bonchev–Trinajstić information content (AvgIpc) is 2.88. The van der Waals surface area contributed by atoms with Gasteiger partial charge in [0.1, 0.15) is 0 Å². The van der Waals surface area contributed by atoms with Gasteiger partial charge in [-0.3, -0.25) is 4.90 Å². The Kier molecular flexibility index (Phi) is 8.77. The molecule has 5 heteroatoms. The minimum atomic E-state index is -0.154. The Hall–Kier alpha value is -1.59. The largest absolute Gasteiger partial charge is 0.396 e. The normalized spacial score (nSPS) is 16.9. The highest BCUT2D eigenvalue weighted by atomic mass is 16.3. The van der Waals surface area contributed by atoms with E-state index >= 15 is 0 Å². The smallest absolute Gasteiger partial charge is 0.315 e. The fourth-order valence-corrected chi connectivity index (χ4v) is 3.15. The standard InChI is InChI=1S/C20H33N3O2/c1-17(10-13-24)14-21-20(25)22-15-18-6-8-19(9-7-18)16-23-11-4-2-3-5-12-23/h6-9,17,24H,2-5,10-16H2,1H3,(H2,21,22,25). The maximum atomic E-state index is 11.8. The van der Waals surface area contributed by atoms with E-state index < -0.39 is 0 Å². The molecule has 1 unspecified atom stereocenters. The van der Waals surface area contributed by atoms with Crippen LogP contribution >= 0.6 is 0 Å². The quantitative estimate of drug-likeness (QED) is 0.677. The number of aliphatic hydroxyl groups excluding tert-OH is 1. The summed E-state index contributed by atoms with van der Waals surface area (Å²) >= 11 is 0. The monoisotopic (exact) mass is 347 g/mol. The Morgan fingerprint density at radius 2 is 1.72 bits per heavy atom. The number of benzene rings is 1. The SMILES string of the molecule is CC(CCO)CNC(=O)NCc1ccc(CN2CCCCCC2)cc1. The fourth-order valence-electron chi connectivity index (χ4n) is 3.15. The van der Waals surface area contributed by atoms with Gasteiger partial charge in [0.15, 0.2) is 0 Å². The van der Waals surface area contributed by atoms with Crippen LogP contribution in [-0.4, -0.2) is 42.3 Å². The summed E-state index contributed by atoms with van der Waals surface area (Å²) in [6.45, 7) is 6.73. The highest BCUT2D eigenvalue weighted by Crippen LogP contribution is 2.13. The summed E-state index contributed by atoms with van der Waals surface area (Å²) in [5.74, 6) is 0.286. The van der Waals surface area contributed by atoms with Gasteiger partial charge in [-0.15, -0.1) is 0 Å². The summed E-state index contributed by atoms with van der Waals surface area (Å²) in [5, 5.41) is 14.6. The van der Waals surface area contributed by atoms with Crippen LogP contribution in [0, 0.1) is 5.92 Å². The lowest BCUT2D eigenvalue weighted by molar-refractivity contribution is 0.233. The number of nitrogens with one attached hydrogen (secondary N) is 2. The molecule has 0 aromatic heterocycles. The molecule has 140 valence electrons. The summed E-state index contributed by atoms with van der Waals surface area (Å²) in [6, 6.07) is 8.38. The molecule has 0 bridgehead atoms. The number of aliphatic hydroxyl groups is 1. The first kappa shape index (κ1) is 19.7. The number of likely N-dealkylation sites (tertiary alicyclic amines) is 1. The third-order valence-electron chi connectivity index (χ3n) is 4.81. The minimum absolute atomic E-state index is 0.154. The molecule has 5 nitrogen and oxygen atoms in total. The molecule has 1 fully saturated rings.